The van der Waals surface area contributed by atoms with Crippen molar-refractivity contribution < 1.29 is 28.5 Å². The Morgan fingerprint density at radius 2 is 1.10 bits per heavy atom. The molecule has 0 spiro atoms. The lowest BCUT2D eigenvalue weighted by Crippen LogP contribution is -2.54. The average molecular weight is 490 g/mol. The lowest BCUT2D eigenvalue weighted by Gasteiger charge is -2.33. The first-order chi connectivity index (χ1) is 13.9. The molecule has 1 amide bonds. The van der Waals surface area contributed by atoms with Gasteiger partial charge in [-0.25, -0.2) is 4.57 Å². The number of hydrogen-bond donors (Lipinski definition) is 4. The van der Waals surface area contributed by atoms with Gasteiger partial charge in [-0.1, -0.05) is 90.9 Å². The normalized spacial score (nSPS) is 12.4. The Morgan fingerprint density at radius 3 is 1.39 bits per heavy atom. The van der Waals surface area contributed by atoms with Gasteiger partial charge in [-0.2, -0.15) is 0 Å². The fourth-order valence-electron chi connectivity index (χ4n) is 3.40. The Labute approximate surface area is 197 Å². The Morgan fingerprint density at radius 1 is 0.774 bits per heavy atom. The van der Waals surface area contributed by atoms with Crippen LogP contribution in [0.3, 0.4) is 0 Å². The van der Waals surface area contributed by atoms with Gasteiger partial charge in [0, 0.05) is 12.8 Å². The van der Waals surface area contributed by atoms with Crippen LogP contribution in [-0.4, -0.2) is 52.4 Å². The number of carbonyl (C=O) groups excluding carboxylic acids is 1. The van der Waals surface area contributed by atoms with E-state index in [4.69, 9.17) is 19.2 Å². The van der Waals surface area contributed by atoms with Gasteiger partial charge in [0.05, 0.1) is 21.1 Å². The molecule has 0 bridgehead atoms. The molecule has 0 saturated carbocycles. The topological polar surface area (TPSA) is 107 Å². The zero-order valence-corrected chi connectivity index (χ0v) is 22.4. The Kier molecular flexibility index (Phi) is 24.8. The van der Waals surface area contributed by atoms with Crippen LogP contribution >= 0.6 is 20.2 Å². The molecule has 0 aromatic heterocycles. The van der Waals surface area contributed by atoms with E-state index in [1.807, 2.05) is 0 Å². The highest BCUT2D eigenvalue weighted by Gasteiger charge is 2.22. The molecule has 0 heterocycles. The third-order valence-corrected chi connectivity index (χ3v) is 5.16. The van der Waals surface area contributed by atoms with Crippen molar-refractivity contribution >= 4 is 26.1 Å². The zero-order chi connectivity index (χ0) is 23.5. The lowest BCUT2D eigenvalue weighted by molar-refractivity contribution is -0.898. The Bertz CT molecular complexity index is 447. The molecule has 1 unspecified atom stereocenters. The minimum Gasteiger partial charge on any atom is -0.311 e. The van der Waals surface area contributed by atoms with Crippen LogP contribution < -0.4 is 5.32 Å². The summed E-state index contributed by atoms with van der Waals surface area (Å²) in [5.74, 6) is 0.225. The maximum absolute atomic E-state index is 12.0. The summed E-state index contributed by atoms with van der Waals surface area (Å²) in [6, 6.07) is 0. The van der Waals surface area contributed by atoms with Crippen LogP contribution in [0.2, 0.25) is 0 Å². The van der Waals surface area contributed by atoms with Crippen molar-refractivity contribution in [3.63, 3.8) is 0 Å². The van der Waals surface area contributed by atoms with Gasteiger partial charge in [-0.05, 0) is 6.42 Å². The highest BCUT2D eigenvalue weighted by molar-refractivity contribution is 7.45. The van der Waals surface area contributed by atoms with Crippen LogP contribution in [0.15, 0.2) is 0 Å². The summed E-state index contributed by atoms with van der Waals surface area (Å²) in [5.41, 5.74) is 0. The number of unbranched alkanes of at least 4 members (excludes halogenated alkanes) is 12. The molecule has 0 aliphatic rings. The van der Waals surface area contributed by atoms with Crippen molar-refractivity contribution in [2.24, 2.45) is 0 Å². The first kappa shape index (κ1) is 35.4. The van der Waals surface area contributed by atoms with Crippen molar-refractivity contribution in [3.05, 3.63) is 0 Å². The summed E-state index contributed by atoms with van der Waals surface area (Å²) in [6.07, 6.45) is 19.4. The van der Waals surface area contributed by atoms with E-state index in [1.165, 1.54) is 77.0 Å². The average Bonchev–Trinajstić information content (AvgIpc) is 2.61. The molecular weight excluding hydrogens is 439 g/mol. The summed E-state index contributed by atoms with van der Waals surface area (Å²) in [4.78, 5) is 33.6. The minimum atomic E-state index is -4.64. The van der Waals surface area contributed by atoms with E-state index in [1.54, 1.807) is 0 Å². The van der Waals surface area contributed by atoms with Crippen molar-refractivity contribution in [1.82, 2.24) is 5.32 Å². The highest BCUT2D eigenvalue weighted by Crippen LogP contribution is 2.25. The van der Waals surface area contributed by atoms with Crippen molar-refractivity contribution in [2.75, 3.05) is 21.1 Å². The first-order valence-electron chi connectivity index (χ1n) is 11.8. The van der Waals surface area contributed by atoms with Gasteiger partial charge in [-0.15, -0.1) is 12.4 Å². The third-order valence-electron chi connectivity index (χ3n) is 5.16. The van der Waals surface area contributed by atoms with Crippen LogP contribution in [0.4, 0.5) is 0 Å². The minimum absolute atomic E-state index is 0. The van der Waals surface area contributed by atoms with Crippen LogP contribution in [0.5, 0.6) is 0 Å². The number of phosphoric acid groups is 1. The largest absolute Gasteiger partial charge is 0.466 e. The molecule has 4 N–H and O–H groups in total. The molecule has 0 aromatic carbocycles. The van der Waals surface area contributed by atoms with Gasteiger partial charge < -0.3 is 24.5 Å². The number of quaternary nitrogens is 1. The second kappa shape index (κ2) is 21.7. The number of amides is 1. The molecule has 7 nitrogen and oxygen atoms in total. The van der Waals surface area contributed by atoms with Crippen molar-refractivity contribution in [3.8, 4) is 0 Å². The van der Waals surface area contributed by atoms with E-state index in [-0.39, 0.29) is 24.5 Å². The lowest BCUT2D eigenvalue weighted by atomic mass is 10.0. The van der Waals surface area contributed by atoms with Crippen LogP contribution in [-0.2, 0) is 9.36 Å². The predicted molar refractivity (Wildman–Crippen MR) is 132 cm³/mol. The standard InChI is InChI=1S/C22H46N2O.ClH.H3O4P/c1-6-8-9-10-11-12-13-14-15-16-17-18-19-20-22(25)23-21(7-2)24(3,4)5;;1-5(2,3)4/h21H,6-20H2,1-5H3;1H;(H3,1,2,3,4)/p+1. The highest BCUT2D eigenvalue weighted by atomic mass is 35.5. The maximum Gasteiger partial charge on any atom is 0.466 e. The Hall–Kier alpha value is -0.170. The molecule has 0 saturated heterocycles. The van der Waals surface area contributed by atoms with E-state index < -0.39 is 7.82 Å². The summed E-state index contributed by atoms with van der Waals surface area (Å²) < 4.78 is 9.67. The van der Waals surface area contributed by atoms with E-state index in [0.29, 0.717) is 6.42 Å². The monoisotopic (exact) mass is 489 g/mol. The molecule has 0 fully saturated rings. The van der Waals surface area contributed by atoms with Gasteiger partial charge in [0.1, 0.15) is 0 Å². The summed E-state index contributed by atoms with van der Waals surface area (Å²) >= 11 is 0. The summed E-state index contributed by atoms with van der Waals surface area (Å²) in [5, 5.41) is 3.18. The van der Waals surface area contributed by atoms with E-state index in [2.05, 4.69) is 40.3 Å². The van der Waals surface area contributed by atoms with Gasteiger partial charge in [-0.3, -0.25) is 4.79 Å². The molecule has 0 radical (unpaired) electrons. The SMILES string of the molecule is CCCCCCCCCCCCCCCC(=O)NC(CC)[N+](C)(C)C.Cl.O=P(O)(O)O. The molecule has 190 valence electrons. The Balaban J connectivity index is -0.00000116. The molecule has 0 aliphatic carbocycles. The quantitative estimate of drug-likeness (QED) is 0.0931. The van der Waals surface area contributed by atoms with Gasteiger partial charge >= 0.3 is 7.82 Å². The fraction of sp³-hybridized carbons (Fsp3) is 0.955. The zero-order valence-electron chi connectivity index (χ0n) is 20.6. The van der Waals surface area contributed by atoms with Gasteiger partial charge in [0.2, 0.25) is 5.91 Å². The van der Waals surface area contributed by atoms with Crippen molar-refractivity contribution in [2.45, 2.75) is 116 Å². The number of nitrogens with one attached hydrogen (secondary N) is 1. The second-order valence-corrected chi connectivity index (χ2v) is 10.1. The molecule has 9 heteroatoms. The molecule has 0 rings (SSSR count). The summed E-state index contributed by atoms with van der Waals surface area (Å²) in [7, 11) is 1.78. The molecular formula is C22H51ClN2O5P+. The van der Waals surface area contributed by atoms with E-state index >= 15 is 0 Å². The molecule has 1 atom stereocenters. The molecule has 0 aliphatic heterocycles. The predicted octanol–water partition coefficient (Wildman–Crippen LogP) is 5.52. The maximum atomic E-state index is 12.0. The van der Waals surface area contributed by atoms with Gasteiger partial charge in [0.25, 0.3) is 0 Å². The number of nitrogens with zero attached hydrogens (tertiary/aromatic N) is 1. The van der Waals surface area contributed by atoms with Crippen LogP contribution in [0.1, 0.15) is 110 Å². The van der Waals surface area contributed by atoms with Gasteiger partial charge in [0.15, 0.2) is 6.17 Å². The van der Waals surface area contributed by atoms with Crippen molar-refractivity contribution in [1.29, 1.82) is 0 Å². The number of hydrogen-bond acceptors (Lipinski definition) is 2. The van der Waals surface area contributed by atoms with E-state index in [0.717, 1.165) is 17.3 Å². The number of halogens is 1. The smallest absolute Gasteiger partial charge is 0.311 e. The molecule has 0 aromatic rings. The summed E-state index contributed by atoms with van der Waals surface area (Å²) in [6.45, 7) is 4.42. The molecule has 31 heavy (non-hydrogen) atoms. The van der Waals surface area contributed by atoms with Crippen LogP contribution in [0, 0.1) is 0 Å². The van der Waals surface area contributed by atoms with E-state index in [9.17, 15) is 4.79 Å². The van der Waals surface area contributed by atoms with Crippen LogP contribution in [0.25, 0.3) is 0 Å². The number of carbonyl (C=O) groups is 1. The fourth-order valence-corrected chi connectivity index (χ4v) is 3.40. The number of rotatable bonds is 17. The first-order valence-corrected chi connectivity index (χ1v) is 13.4. The second-order valence-electron chi connectivity index (χ2n) is 9.11. The third kappa shape index (κ3) is 32.1.